The lowest BCUT2D eigenvalue weighted by molar-refractivity contribution is 0.0561. The third kappa shape index (κ3) is 4.54. The molecular weight excluding hydrogens is 338 g/mol. The lowest BCUT2D eigenvalue weighted by atomic mass is 10.0. The lowest BCUT2D eigenvalue weighted by Gasteiger charge is -2.31. The predicted octanol–water partition coefficient (Wildman–Crippen LogP) is 2.83. The normalized spacial score (nSPS) is 19.6. The summed E-state index contributed by atoms with van der Waals surface area (Å²) in [6.07, 6.45) is 0.678. The number of ketones is 1. The van der Waals surface area contributed by atoms with Gasteiger partial charge < -0.3 is 10.0 Å². The van der Waals surface area contributed by atoms with E-state index in [1.54, 1.807) is 18.2 Å². The van der Waals surface area contributed by atoms with Crippen LogP contribution in [0.3, 0.4) is 0 Å². The smallest absolute Gasteiger partial charge is 0.161 e. The number of hydrogen-bond donors (Lipinski definition) is 1. The van der Waals surface area contributed by atoms with Crippen LogP contribution in [0.15, 0.2) is 48.5 Å². The highest BCUT2D eigenvalue weighted by atomic mass is 16.3. The number of benzene rings is 2. The molecule has 1 unspecified atom stereocenters. The number of nitriles is 1. The van der Waals surface area contributed by atoms with Crippen LogP contribution in [0.1, 0.15) is 34.8 Å². The third-order valence-corrected chi connectivity index (χ3v) is 5.11. The van der Waals surface area contributed by atoms with Crippen LogP contribution in [0, 0.1) is 11.3 Å². The molecule has 140 valence electrons. The van der Waals surface area contributed by atoms with Gasteiger partial charge in [-0.1, -0.05) is 30.3 Å². The van der Waals surface area contributed by atoms with E-state index in [1.165, 1.54) is 12.5 Å². The Kier molecular flexibility index (Phi) is 5.59. The molecule has 1 fully saturated rings. The van der Waals surface area contributed by atoms with Gasteiger partial charge in [0.2, 0.25) is 0 Å². The van der Waals surface area contributed by atoms with Crippen LogP contribution < -0.4 is 4.90 Å². The van der Waals surface area contributed by atoms with Gasteiger partial charge in [0.1, 0.15) is 0 Å². The Bertz CT molecular complexity index is 860. The third-order valence-electron chi connectivity index (χ3n) is 5.11. The zero-order valence-electron chi connectivity index (χ0n) is 15.9. The minimum Gasteiger partial charge on any atom is -0.387 e. The number of likely N-dealkylation sites (tertiary alicyclic amines) is 1. The molecule has 0 radical (unpaired) electrons. The average molecular weight is 363 g/mol. The summed E-state index contributed by atoms with van der Waals surface area (Å²) >= 11 is 0. The van der Waals surface area contributed by atoms with Crippen molar-refractivity contribution in [1.29, 1.82) is 5.26 Å². The lowest BCUT2D eigenvalue weighted by Crippen LogP contribution is -2.44. The van der Waals surface area contributed by atoms with Crippen LogP contribution in [-0.4, -0.2) is 48.1 Å². The van der Waals surface area contributed by atoms with Crippen LogP contribution in [0.5, 0.6) is 0 Å². The van der Waals surface area contributed by atoms with E-state index in [2.05, 4.69) is 23.1 Å². The summed E-state index contributed by atoms with van der Waals surface area (Å²) in [7, 11) is 1.86. The van der Waals surface area contributed by atoms with E-state index in [-0.39, 0.29) is 5.78 Å². The van der Waals surface area contributed by atoms with Gasteiger partial charge in [-0.3, -0.25) is 9.69 Å². The molecule has 2 aromatic carbocycles. The first-order valence-electron chi connectivity index (χ1n) is 9.15. The van der Waals surface area contributed by atoms with Crippen molar-refractivity contribution in [3.8, 4) is 6.07 Å². The van der Waals surface area contributed by atoms with Crippen molar-refractivity contribution in [2.24, 2.45) is 0 Å². The van der Waals surface area contributed by atoms with Crippen LogP contribution in [-0.2, 0) is 6.54 Å². The Morgan fingerprint density at radius 1 is 1.30 bits per heavy atom. The molecule has 0 saturated carbocycles. The van der Waals surface area contributed by atoms with Crippen LogP contribution in [0.2, 0.25) is 0 Å². The van der Waals surface area contributed by atoms with E-state index >= 15 is 0 Å². The molecule has 0 bridgehead atoms. The summed E-state index contributed by atoms with van der Waals surface area (Å²) in [4.78, 5) is 16.1. The maximum Gasteiger partial charge on any atom is 0.161 e. The predicted molar refractivity (Wildman–Crippen MR) is 106 cm³/mol. The molecule has 2 aromatic rings. The number of carbonyl (C=O) groups excluding carboxylic acids is 1. The fraction of sp³-hybridized carbons (Fsp3) is 0.364. The maximum atomic E-state index is 12.0. The molecule has 1 atom stereocenters. The van der Waals surface area contributed by atoms with E-state index in [0.29, 0.717) is 36.3 Å². The van der Waals surface area contributed by atoms with Gasteiger partial charge in [-0.05, 0) is 37.1 Å². The maximum absolute atomic E-state index is 12.0. The van der Waals surface area contributed by atoms with E-state index in [1.807, 2.05) is 30.1 Å². The van der Waals surface area contributed by atoms with Crippen LogP contribution in [0.25, 0.3) is 0 Å². The summed E-state index contributed by atoms with van der Waals surface area (Å²) in [5.41, 5.74) is 2.15. The van der Waals surface area contributed by atoms with Gasteiger partial charge in [0.25, 0.3) is 0 Å². The first-order valence-corrected chi connectivity index (χ1v) is 9.15. The molecule has 1 aliphatic heterocycles. The Balaban J connectivity index is 1.71. The average Bonchev–Trinajstić information content (AvgIpc) is 3.02. The van der Waals surface area contributed by atoms with E-state index in [0.717, 1.165) is 13.1 Å². The number of carbonyl (C=O) groups is 1. The zero-order valence-corrected chi connectivity index (χ0v) is 15.9. The topological polar surface area (TPSA) is 67.6 Å². The van der Waals surface area contributed by atoms with E-state index in [9.17, 15) is 15.2 Å². The Morgan fingerprint density at radius 3 is 2.70 bits per heavy atom. The van der Waals surface area contributed by atoms with Crippen molar-refractivity contribution in [2.75, 3.05) is 31.6 Å². The number of hydrogen-bond acceptors (Lipinski definition) is 5. The largest absolute Gasteiger partial charge is 0.387 e. The second-order valence-electron chi connectivity index (χ2n) is 7.43. The highest BCUT2D eigenvalue weighted by Gasteiger charge is 2.37. The molecule has 1 heterocycles. The first kappa shape index (κ1) is 19.1. The molecule has 1 aliphatic rings. The van der Waals surface area contributed by atoms with E-state index in [4.69, 9.17) is 0 Å². The monoisotopic (exact) mass is 363 g/mol. The van der Waals surface area contributed by atoms with Crippen LogP contribution in [0.4, 0.5) is 5.69 Å². The van der Waals surface area contributed by atoms with Gasteiger partial charge >= 0.3 is 0 Å². The molecule has 0 aliphatic carbocycles. The van der Waals surface area contributed by atoms with Crippen molar-refractivity contribution in [1.82, 2.24) is 4.90 Å². The molecule has 0 aromatic heterocycles. The number of anilines is 1. The fourth-order valence-electron chi connectivity index (χ4n) is 3.79. The van der Waals surface area contributed by atoms with E-state index < -0.39 is 5.60 Å². The van der Waals surface area contributed by atoms with Gasteiger partial charge in [-0.15, -0.1) is 0 Å². The molecule has 1 N–H and O–H groups in total. The molecule has 0 spiro atoms. The minimum absolute atomic E-state index is 0.0505. The summed E-state index contributed by atoms with van der Waals surface area (Å²) in [5, 5.41) is 20.3. The molecule has 1 saturated heterocycles. The van der Waals surface area contributed by atoms with Crippen molar-refractivity contribution < 1.29 is 9.90 Å². The summed E-state index contributed by atoms with van der Waals surface area (Å²) < 4.78 is 0. The zero-order chi connectivity index (χ0) is 19.4. The Labute approximate surface area is 160 Å². The molecule has 3 rings (SSSR count). The second-order valence-corrected chi connectivity index (χ2v) is 7.43. The summed E-state index contributed by atoms with van der Waals surface area (Å²) in [6.45, 7) is 4.16. The van der Waals surface area contributed by atoms with Gasteiger partial charge in [-0.2, -0.15) is 5.26 Å². The number of rotatable bonds is 6. The quantitative estimate of drug-likeness (QED) is 0.800. The highest BCUT2D eigenvalue weighted by molar-refractivity contribution is 6.00. The number of nitrogens with zero attached hydrogens (tertiary/aromatic N) is 3. The number of Topliss-reactive ketones (excluding diaryl/α,β-unsaturated/α-hetero) is 1. The van der Waals surface area contributed by atoms with Crippen molar-refractivity contribution >= 4 is 11.5 Å². The van der Waals surface area contributed by atoms with Gasteiger partial charge in [-0.25, -0.2) is 0 Å². The first-order chi connectivity index (χ1) is 12.9. The van der Waals surface area contributed by atoms with Crippen molar-refractivity contribution in [3.63, 3.8) is 0 Å². The SMILES string of the molecule is CC(=O)c1ccc(C#N)cc1N(C)CC1(O)CCN(Cc2ccccc2)C1. The molecule has 5 nitrogen and oxygen atoms in total. The highest BCUT2D eigenvalue weighted by Crippen LogP contribution is 2.28. The molecule has 27 heavy (non-hydrogen) atoms. The van der Waals surface area contributed by atoms with Gasteiger partial charge in [0.15, 0.2) is 5.78 Å². The summed E-state index contributed by atoms with van der Waals surface area (Å²) in [5.74, 6) is -0.0505. The standard InChI is InChI=1S/C22H25N3O2/c1-17(26)20-9-8-19(13-23)12-21(20)24(2)15-22(27)10-11-25(16-22)14-18-6-4-3-5-7-18/h3-9,12,27H,10-11,14-16H2,1-2H3. The molecule has 5 heteroatoms. The van der Waals surface area contributed by atoms with Crippen molar-refractivity contribution in [2.45, 2.75) is 25.5 Å². The Hall–Kier alpha value is -2.68. The Morgan fingerprint density at radius 2 is 2.04 bits per heavy atom. The summed E-state index contributed by atoms with van der Waals surface area (Å²) in [6, 6.07) is 17.4. The number of β-amino-alcohol motifs (C(OH)–C–C–N with tert-alkyl or cyclic N) is 1. The fourth-order valence-corrected chi connectivity index (χ4v) is 3.79. The minimum atomic E-state index is -0.847. The number of aliphatic hydroxyl groups is 1. The molecule has 0 amide bonds. The van der Waals surface area contributed by atoms with Crippen molar-refractivity contribution in [3.05, 3.63) is 65.2 Å². The van der Waals surface area contributed by atoms with Gasteiger partial charge in [0.05, 0.1) is 17.2 Å². The van der Waals surface area contributed by atoms with Gasteiger partial charge in [0, 0.05) is 44.5 Å². The second kappa shape index (κ2) is 7.91. The number of likely N-dealkylation sites (N-methyl/N-ethyl adjacent to an activating group) is 1. The van der Waals surface area contributed by atoms with Crippen LogP contribution >= 0.6 is 0 Å². The molecular formula is C22H25N3O2.